The van der Waals surface area contributed by atoms with Crippen LogP contribution >= 0.6 is 11.3 Å². The molecule has 3 rings (SSSR count). The third-order valence-electron chi connectivity index (χ3n) is 4.27. The first-order chi connectivity index (χ1) is 13.1. The summed E-state index contributed by atoms with van der Waals surface area (Å²) < 4.78 is 10.4. The van der Waals surface area contributed by atoms with E-state index >= 15 is 0 Å². The van der Waals surface area contributed by atoms with E-state index in [4.69, 9.17) is 9.26 Å². The molecular weight excluding hydrogens is 362 g/mol. The minimum Gasteiger partial charge on any atom is -0.497 e. The molecule has 142 valence electrons. The van der Waals surface area contributed by atoms with Crippen molar-refractivity contribution in [1.29, 1.82) is 0 Å². The zero-order chi connectivity index (χ0) is 19.2. The number of benzene rings is 1. The number of carbonyl (C=O) groups is 1. The molecule has 0 aliphatic heterocycles. The number of amides is 1. The van der Waals surface area contributed by atoms with Crippen LogP contribution < -0.4 is 10.1 Å². The fourth-order valence-electron chi connectivity index (χ4n) is 2.78. The van der Waals surface area contributed by atoms with Crippen molar-refractivity contribution in [2.75, 3.05) is 7.11 Å². The average molecular weight is 385 g/mol. The van der Waals surface area contributed by atoms with Gasteiger partial charge in [-0.05, 0) is 35.1 Å². The third-order valence-corrected chi connectivity index (χ3v) is 4.95. The zero-order valence-corrected chi connectivity index (χ0v) is 16.5. The van der Waals surface area contributed by atoms with E-state index in [-0.39, 0.29) is 17.9 Å². The van der Waals surface area contributed by atoms with E-state index < -0.39 is 0 Å². The number of nitrogens with zero attached hydrogens (tertiary/aromatic N) is 2. The quantitative estimate of drug-likeness (QED) is 0.627. The van der Waals surface area contributed by atoms with Gasteiger partial charge >= 0.3 is 0 Å². The van der Waals surface area contributed by atoms with Crippen molar-refractivity contribution >= 4 is 17.2 Å². The number of thiophene rings is 1. The first kappa shape index (κ1) is 19.1. The number of hydrogen-bond donors (Lipinski definition) is 1. The van der Waals surface area contributed by atoms with Gasteiger partial charge in [0.25, 0.3) is 0 Å². The van der Waals surface area contributed by atoms with Crippen LogP contribution in [0.3, 0.4) is 0 Å². The van der Waals surface area contributed by atoms with Crippen LogP contribution in [0, 0.1) is 5.92 Å². The van der Waals surface area contributed by atoms with Crippen LogP contribution in [0.5, 0.6) is 5.75 Å². The van der Waals surface area contributed by atoms with Gasteiger partial charge in [-0.2, -0.15) is 16.3 Å². The van der Waals surface area contributed by atoms with E-state index in [1.54, 1.807) is 18.4 Å². The molecule has 27 heavy (non-hydrogen) atoms. The van der Waals surface area contributed by atoms with Crippen LogP contribution in [0.15, 0.2) is 45.6 Å². The van der Waals surface area contributed by atoms with Crippen LogP contribution in [0.2, 0.25) is 0 Å². The molecule has 1 unspecified atom stereocenters. The number of aryl methyl sites for hydroxylation is 1. The van der Waals surface area contributed by atoms with Crippen molar-refractivity contribution in [2.24, 2.45) is 5.92 Å². The summed E-state index contributed by atoms with van der Waals surface area (Å²) in [5.74, 6) is 2.04. The van der Waals surface area contributed by atoms with Gasteiger partial charge in [0.05, 0.1) is 13.2 Å². The molecule has 3 aromatic rings. The summed E-state index contributed by atoms with van der Waals surface area (Å²) in [5, 5.41) is 11.0. The van der Waals surface area contributed by atoms with Crippen LogP contribution in [0.1, 0.15) is 37.8 Å². The Morgan fingerprint density at radius 3 is 2.67 bits per heavy atom. The van der Waals surface area contributed by atoms with E-state index in [2.05, 4.69) is 29.3 Å². The standard InChI is InChI=1S/C20H23N3O3S/c1-13(2)19(14-4-6-16(25-3)7-5-14)21-17(24)8-9-18-22-20(23-26-18)15-10-11-27-12-15/h4-7,10-13,19H,8-9H2,1-3H3,(H,21,24). The molecule has 1 N–H and O–H groups in total. The molecule has 0 spiro atoms. The van der Waals surface area contributed by atoms with Gasteiger partial charge in [-0.1, -0.05) is 31.1 Å². The summed E-state index contributed by atoms with van der Waals surface area (Å²) in [7, 11) is 1.64. The van der Waals surface area contributed by atoms with Gasteiger partial charge in [0.2, 0.25) is 17.6 Å². The normalized spacial score (nSPS) is 12.1. The lowest BCUT2D eigenvalue weighted by atomic mass is 9.95. The van der Waals surface area contributed by atoms with Crippen molar-refractivity contribution in [3.05, 3.63) is 52.5 Å². The van der Waals surface area contributed by atoms with Gasteiger partial charge in [0.1, 0.15) is 5.75 Å². The molecule has 6 nitrogen and oxygen atoms in total. The smallest absolute Gasteiger partial charge is 0.227 e. The summed E-state index contributed by atoms with van der Waals surface area (Å²) in [6.45, 7) is 4.17. The number of methoxy groups -OCH3 is 1. The topological polar surface area (TPSA) is 77.2 Å². The van der Waals surface area contributed by atoms with E-state index in [9.17, 15) is 4.79 Å². The molecule has 0 saturated heterocycles. The fraction of sp³-hybridized carbons (Fsp3) is 0.350. The molecule has 7 heteroatoms. The second-order valence-corrected chi connectivity index (χ2v) is 7.37. The second kappa shape index (κ2) is 8.81. The Labute approximate surface area is 162 Å². The SMILES string of the molecule is COc1ccc(C(NC(=O)CCc2nc(-c3ccsc3)no2)C(C)C)cc1. The van der Waals surface area contributed by atoms with Crippen molar-refractivity contribution in [3.8, 4) is 17.1 Å². The minimum absolute atomic E-state index is 0.0419. The van der Waals surface area contributed by atoms with E-state index in [0.717, 1.165) is 16.9 Å². The molecule has 0 fully saturated rings. The lowest BCUT2D eigenvalue weighted by Crippen LogP contribution is -2.31. The van der Waals surface area contributed by atoms with Crippen molar-refractivity contribution < 1.29 is 14.1 Å². The number of ether oxygens (including phenoxy) is 1. The molecular formula is C20H23N3O3S. The summed E-state index contributed by atoms with van der Waals surface area (Å²) in [4.78, 5) is 16.8. The Hall–Kier alpha value is -2.67. The predicted octanol–water partition coefficient (Wildman–Crippen LogP) is 4.25. The van der Waals surface area contributed by atoms with Crippen LogP contribution in [0.25, 0.3) is 11.4 Å². The van der Waals surface area contributed by atoms with Crippen LogP contribution in [-0.2, 0) is 11.2 Å². The van der Waals surface area contributed by atoms with Gasteiger partial charge in [-0.3, -0.25) is 4.79 Å². The summed E-state index contributed by atoms with van der Waals surface area (Å²) in [5.41, 5.74) is 1.98. The second-order valence-electron chi connectivity index (χ2n) is 6.59. The summed E-state index contributed by atoms with van der Waals surface area (Å²) >= 11 is 1.58. The average Bonchev–Trinajstić information content (AvgIpc) is 3.35. The van der Waals surface area contributed by atoms with E-state index in [1.165, 1.54) is 0 Å². The largest absolute Gasteiger partial charge is 0.497 e. The lowest BCUT2D eigenvalue weighted by Gasteiger charge is -2.23. The molecule has 0 aliphatic rings. The number of carbonyl (C=O) groups excluding carboxylic acids is 1. The van der Waals surface area contributed by atoms with E-state index in [1.807, 2.05) is 41.1 Å². The molecule has 1 atom stereocenters. The fourth-order valence-corrected chi connectivity index (χ4v) is 3.41. The third kappa shape index (κ3) is 4.95. The highest BCUT2D eigenvalue weighted by Crippen LogP contribution is 2.24. The molecule has 2 aromatic heterocycles. The van der Waals surface area contributed by atoms with Gasteiger partial charge < -0.3 is 14.6 Å². The highest BCUT2D eigenvalue weighted by atomic mass is 32.1. The number of rotatable bonds is 8. The summed E-state index contributed by atoms with van der Waals surface area (Å²) in [6.07, 6.45) is 0.709. The predicted molar refractivity (Wildman–Crippen MR) is 105 cm³/mol. The van der Waals surface area contributed by atoms with Gasteiger partial charge in [-0.15, -0.1) is 0 Å². The molecule has 0 saturated carbocycles. The Balaban J connectivity index is 1.58. The first-order valence-corrected chi connectivity index (χ1v) is 9.79. The maximum absolute atomic E-state index is 12.4. The Bertz CT molecular complexity index is 857. The Morgan fingerprint density at radius 1 is 1.26 bits per heavy atom. The van der Waals surface area contributed by atoms with Gasteiger partial charge in [0, 0.05) is 23.8 Å². The van der Waals surface area contributed by atoms with Crippen LogP contribution in [0.4, 0.5) is 0 Å². The molecule has 1 amide bonds. The summed E-state index contributed by atoms with van der Waals surface area (Å²) in [6, 6.07) is 9.65. The Morgan fingerprint density at radius 2 is 2.04 bits per heavy atom. The van der Waals surface area contributed by atoms with Crippen molar-refractivity contribution in [1.82, 2.24) is 15.5 Å². The maximum Gasteiger partial charge on any atom is 0.227 e. The van der Waals surface area contributed by atoms with Crippen molar-refractivity contribution in [3.63, 3.8) is 0 Å². The molecule has 0 radical (unpaired) electrons. The zero-order valence-electron chi connectivity index (χ0n) is 15.6. The van der Waals surface area contributed by atoms with E-state index in [0.29, 0.717) is 24.6 Å². The molecule has 1 aromatic carbocycles. The van der Waals surface area contributed by atoms with Gasteiger partial charge in [-0.25, -0.2) is 0 Å². The Kier molecular flexibility index (Phi) is 6.24. The number of aromatic nitrogens is 2. The molecule has 0 bridgehead atoms. The minimum atomic E-state index is -0.0625. The number of hydrogen-bond acceptors (Lipinski definition) is 6. The molecule has 0 aliphatic carbocycles. The monoisotopic (exact) mass is 385 g/mol. The maximum atomic E-state index is 12.4. The first-order valence-electron chi connectivity index (χ1n) is 8.85. The van der Waals surface area contributed by atoms with Crippen LogP contribution in [-0.4, -0.2) is 23.2 Å². The van der Waals surface area contributed by atoms with Gasteiger partial charge in [0.15, 0.2) is 0 Å². The van der Waals surface area contributed by atoms with Crippen molar-refractivity contribution in [2.45, 2.75) is 32.7 Å². The number of nitrogens with one attached hydrogen (secondary N) is 1. The highest BCUT2D eigenvalue weighted by Gasteiger charge is 2.19. The molecule has 2 heterocycles. The highest BCUT2D eigenvalue weighted by molar-refractivity contribution is 7.08. The lowest BCUT2D eigenvalue weighted by molar-refractivity contribution is -0.122.